The van der Waals surface area contributed by atoms with Gasteiger partial charge in [0.15, 0.2) is 0 Å². The van der Waals surface area contributed by atoms with Crippen LogP contribution in [0.4, 0.5) is 5.69 Å². The minimum absolute atomic E-state index is 0.0452. The summed E-state index contributed by atoms with van der Waals surface area (Å²) in [6.07, 6.45) is 0.288. The molecule has 1 aliphatic heterocycles. The number of nitrogen functional groups attached to an aromatic ring is 1. The lowest BCUT2D eigenvalue weighted by molar-refractivity contribution is -0.135. The van der Waals surface area contributed by atoms with Crippen molar-refractivity contribution in [3.05, 3.63) is 23.8 Å². The van der Waals surface area contributed by atoms with Crippen LogP contribution in [0.15, 0.2) is 18.2 Å². The summed E-state index contributed by atoms with van der Waals surface area (Å²) in [7, 11) is 1.56. The Morgan fingerprint density at radius 1 is 1.36 bits per heavy atom. The van der Waals surface area contributed by atoms with Gasteiger partial charge in [-0.3, -0.25) is 9.59 Å². The highest BCUT2D eigenvalue weighted by Crippen LogP contribution is 2.22. The Morgan fingerprint density at radius 2 is 2.09 bits per heavy atom. The summed E-state index contributed by atoms with van der Waals surface area (Å²) in [6, 6.07) is 4.82. The molecule has 7 heteroatoms. The number of amides is 2. The fraction of sp³-hybridized carbons (Fsp3) is 0.467. The number of morpholine rings is 1. The van der Waals surface area contributed by atoms with Gasteiger partial charge in [0, 0.05) is 25.7 Å². The summed E-state index contributed by atoms with van der Waals surface area (Å²) in [5.41, 5.74) is 6.70. The molecule has 0 unspecified atom stereocenters. The van der Waals surface area contributed by atoms with Crippen LogP contribution in [-0.4, -0.2) is 56.7 Å². The summed E-state index contributed by atoms with van der Waals surface area (Å²) in [4.78, 5) is 25.2. The summed E-state index contributed by atoms with van der Waals surface area (Å²) in [5.74, 6) is 0.312. The van der Waals surface area contributed by atoms with Gasteiger partial charge in [-0.25, -0.2) is 0 Å². The predicted molar refractivity (Wildman–Crippen MR) is 81.8 cm³/mol. The third-order valence-electron chi connectivity index (χ3n) is 3.44. The molecule has 22 heavy (non-hydrogen) atoms. The Balaban J connectivity index is 1.83. The number of nitrogens with two attached hydrogens (primary N) is 1. The summed E-state index contributed by atoms with van der Waals surface area (Å²) >= 11 is 0. The molecular weight excluding hydrogens is 286 g/mol. The van der Waals surface area contributed by atoms with Gasteiger partial charge in [0.2, 0.25) is 5.91 Å². The molecule has 0 aliphatic carbocycles. The fourth-order valence-corrected chi connectivity index (χ4v) is 2.18. The quantitative estimate of drug-likeness (QED) is 0.761. The molecule has 120 valence electrons. The second kappa shape index (κ2) is 7.65. The van der Waals surface area contributed by atoms with Gasteiger partial charge in [-0.2, -0.15) is 0 Å². The molecular formula is C15H21N3O4. The molecule has 3 N–H and O–H groups in total. The van der Waals surface area contributed by atoms with Gasteiger partial charge in [-0.1, -0.05) is 0 Å². The number of anilines is 1. The van der Waals surface area contributed by atoms with Gasteiger partial charge in [0.05, 0.1) is 31.9 Å². The first-order valence-electron chi connectivity index (χ1n) is 7.21. The van der Waals surface area contributed by atoms with E-state index in [-0.39, 0.29) is 24.8 Å². The van der Waals surface area contributed by atoms with Crippen molar-refractivity contribution in [3.63, 3.8) is 0 Å². The highest BCUT2D eigenvalue weighted by molar-refractivity contribution is 5.95. The van der Waals surface area contributed by atoms with Crippen LogP contribution in [0.3, 0.4) is 0 Å². The average molecular weight is 307 g/mol. The number of rotatable bonds is 5. The number of hydrogen-bond donors (Lipinski definition) is 2. The summed E-state index contributed by atoms with van der Waals surface area (Å²) < 4.78 is 10.7. The van der Waals surface area contributed by atoms with Crippen molar-refractivity contribution in [1.82, 2.24) is 10.2 Å². The third-order valence-corrected chi connectivity index (χ3v) is 3.44. The van der Waals surface area contributed by atoms with Gasteiger partial charge in [0.25, 0.3) is 5.91 Å². The maximum absolute atomic E-state index is 12.0. The number of nitrogens with one attached hydrogen (secondary N) is 1. The zero-order valence-electron chi connectivity index (χ0n) is 12.6. The second-order valence-corrected chi connectivity index (χ2v) is 4.92. The Hall–Kier alpha value is -2.28. The van der Waals surface area contributed by atoms with Crippen molar-refractivity contribution >= 4 is 17.5 Å². The third kappa shape index (κ3) is 4.11. The zero-order chi connectivity index (χ0) is 15.9. The minimum Gasteiger partial charge on any atom is -0.491 e. The SMILES string of the molecule is CNC(=O)c1ccc(OCCC(=O)N2CCOCC2)c(N)c1. The first-order valence-corrected chi connectivity index (χ1v) is 7.21. The van der Waals surface area contributed by atoms with Crippen LogP contribution in [0.2, 0.25) is 0 Å². The maximum Gasteiger partial charge on any atom is 0.251 e. The Bertz CT molecular complexity index is 542. The monoisotopic (exact) mass is 307 g/mol. The highest BCUT2D eigenvalue weighted by atomic mass is 16.5. The van der Waals surface area contributed by atoms with E-state index in [1.54, 1.807) is 30.1 Å². The molecule has 0 atom stereocenters. The molecule has 0 saturated carbocycles. The van der Waals surface area contributed by atoms with Crippen molar-refractivity contribution in [3.8, 4) is 5.75 Å². The summed E-state index contributed by atoms with van der Waals surface area (Å²) in [5, 5.41) is 2.53. The molecule has 2 rings (SSSR count). The van der Waals surface area contributed by atoms with Crippen LogP contribution in [-0.2, 0) is 9.53 Å². The molecule has 0 aromatic heterocycles. The second-order valence-electron chi connectivity index (χ2n) is 4.92. The Labute approximate surface area is 129 Å². The number of carbonyl (C=O) groups excluding carboxylic acids is 2. The van der Waals surface area contributed by atoms with Gasteiger partial charge in [-0.15, -0.1) is 0 Å². The molecule has 1 saturated heterocycles. The van der Waals surface area contributed by atoms with Crippen LogP contribution >= 0.6 is 0 Å². The lowest BCUT2D eigenvalue weighted by Crippen LogP contribution is -2.41. The van der Waals surface area contributed by atoms with Crippen LogP contribution in [0.5, 0.6) is 5.75 Å². The van der Waals surface area contributed by atoms with Crippen LogP contribution in [0, 0.1) is 0 Å². The average Bonchev–Trinajstić information content (AvgIpc) is 2.56. The molecule has 1 heterocycles. The van der Waals surface area contributed by atoms with E-state index in [1.807, 2.05) is 0 Å². The Morgan fingerprint density at radius 3 is 2.73 bits per heavy atom. The minimum atomic E-state index is -0.208. The highest BCUT2D eigenvalue weighted by Gasteiger charge is 2.16. The van der Waals surface area contributed by atoms with Crippen molar-refractivity contribution in [2.75, 3.05) is 45.7 Å². The van der Waals surface area contributed by atoms with E-state index < -0.39 is 0 Å². The molecule has 0 spiro atoms. The standard InChI is InChI=1S/C15H21N3O4/c1-17-15(20)11-2-3-13(12(16)10-11)22-7-4-14(19)18-5-8-21-9-6-18/h2-3,10H,4-9,16H2,1H3,(H,17,20). The lowest BCUT2D eigenvalue weighted by atomic mass is 10.2. The van der Waals surface area contributed by atoms with Crippen LogP contribution in [0.25, 0.3) is 0 Å². The number of hydrogen-bond acceptors (Lipinski definition) is 5. The first-order chi connectivity index (χ1) is 10.6. The molecule has 2 amide bonds. The summed E-state index contributed by atoms with van der Waals surface area (Å²) in [6.45, 7) is 2.67. The van der Waals surface area contributed by atoms with Crippen molar-refractivity contribution in [2.45, 2.75) is 6.42 Å². The van der Waals surface area contributed by atoms with Gasteiger partial charge in [-0.05, 0) is 18.2 Å². The first kappa shape index (κ1) is 16.1. The normalized spacial score (nSPS) is 14.5. The van der Waals surface area contributed by atoms with E-state index >= 15 is 0 Å². The van der Waals surface area contributed by atoms with Crippen LogP contribution < -0.4 is 15.8 Å². The van der Waals surface area contributed by atoms with E-state index in [9.17, 15) is 9.59 Å². The molecule has 1 aliphatic rings. The molecule has 7 nitrogen and oxygen atoms in total. The van der Waals surface area contributed by atoms with Gasteiger partial charge < -0.3 is 25.4 Å². The molecule has 0 bridgehead atoms. The number of ether oxygens (including phenoxy) is 2. The Kier molecular flexibility index (Phi) is 5.60. The van der Waals surface area contributed by atoms with Crippen molar-refractivity contribution < 1.29 is 19.1 Å². The zero-order valence-corrected chi connectivity index (χ0v) is 12.6. The van der Waals surface area contributed by atoms with Gasteiger partial charge >= 0.3 is 0 Å². The lowest BCUT2D eigenvalue weighted by Gasteiger charge is -2.26. The smallest absolute Gasteiger partial charge is 0.251 e. The van der Waals surface area contributed by atoms with Crippen molar-refractivity contribution in [1.29, 1.82) is 0 Å². The van der Waals surface area contributed by atoms with Gasteiger partial charge in [0.1, 0.15) is 5.75 Å². The van der Waals surface area contributed by atoms with E-state index in [0.717, 1.165) is 0 Å². The van der Waals surface area contributed by atoms with E-state index in [4.69, 9.17) is 15.2 Å². The maximum atomic E-state index is 12.0. The molecule has 1 aromatic carbocycles. The number of benzene rings is 1. The number of carbonyl (C=O) groups is 2. The van der Waals surface area contributed by atoms with E-state index in [0.29, 0.717) is 43.3 Å². The fourth-order valence-electron chi connectivity index (χ4n) is 2.18. The molecule has 0 radical (unpaired) electrons. The molecule has 1 fully saturated rings. The predicted octanol–water partition coefficient (Wildman–Crippen LogP) is 0.256. The largest absolute Gasteiger partial charge is 0.491 e. The topological polar surface area (TPSA) is 93.9 Å². The van der Waals surface area contributed by atoms with E-state index in [2.05, 4.69) is 5.32 Å². The number of nitrogens with zero attached hydrogens (tertiary/aromatic N) is 1. The van der Waals surface area contributed by atoms with E-state index in [1.165, 1.54) is 0 Å². The molecule has 1 aromatic rings. The van der Waals surface area contributed by atoms with Crippen LogP contribution in [0.1, 0.15) is 16.8 Å². The van der Waals surface area contributed by atoms with Crippen molar-refractivity contribution in [2.24, 2.45) is 0 Å².